The molecular formula is C15H25N3O2. The molecule has 1 heterocycles. The molecule has 1 saturated carbocycles. The molecule has 1 aromatic heterocycles. The minimum absolute atomic E-state index is 0.0169. The van der Waals surface area contributed by atoms with Gasteiger partial charge in [-0.2, -0.15) is 5.10 Å². The first kappa shape index (κ1) is 15.0. The molecule has 20 heavy (non-hydrogen) atoms. The van der Waals surface area contributed by atoms with Crippen LogP contribution in [0.15, 0.2) is 12.4 Å². The van der Waals surface area contributed by atoms with E-state index in [1.165, 1.54) is 12.8 Å². The highest BCUT2D eigenvalue weighted by molar-refractivity contribution is 5.80. The van der Waals surface area contributed by atoms with E-state index in [9.17, 15) is 4.79 Å². The summed E-state index contributed by atoms with van der Waals surface area (Å²) in [5.41, 5.74) is 1.14. The smallest absolute Gasteiger partial charge is 0.249 e. The lowest BCUT2D eigenvalue weighted by atomic mass is 10.2. The highest BCUT2D eigenvalue weighted by Gasteiger charge is 2.23. The quantitative estimate of drug-likeness (QED) is 0.828. The van der Waals surface area contributed by atoms with Gasteiger partial charge in [-0.05, 0) is 31.2 Å². The Morgan fingerprint density at radius 2 is 2.30 bits per heavy atom. The van der Waals surface area contributed by atoms with Crippen molar-refractivity contribution in [1.29, 1.82) is 0 Å². The molecule has 2 rings (SSSR count). The first-order valence-electron chi connectivity index (χ1n) is 7.59. The van der Waals surface area contributed by atoms with Crippen LogP contribution in [0.1, 0.15) is 44.6 Å². The van der Waals surface area contributed by atoms with Crippen molar-refractivity contribution in [1.82, 2.24) is 15.1 Å². The Hall–Kier alpha value is -1.36. The van der Waals surface area contributed by atoms with Gasteiger partial charge in [-0.3, -0.25) is 9.48 Å². The fourth-order valence-corrected chi connectivity index (χ4v) is 2.65. The standard InChI is InChI=1S/C15H25N3O2/c1-3-14(20-13-6-4-5-7-13)15(19)16-9-8-12-10-17-18(2)11-12/h10-11,13-14H,3-9H2,1-2H3,(H,16,19). The molecule has 1 aliphatic rings. The maximum absolute atomic E-state index is 12.1. The molecule has 0 saturated heterocycles. The molecule has 5 heteroatoms. The van der Waals surface area contributed by atoms with E-state index in [4.69, 9.17) is 4.74 Å². The second-order valence-corrected chi connectivity index (χ2v) is 5.50. The molecule has 0 aliphatic heterocycles. The van der Waals surface area contributed by atoms with Gasteiger partial charge in [0.25, 0.3) is 0 Å². The Morgan fingerprint density at radius 1 is 1.55 bits per heavy atom. The van der Waals surface area contributed by atoms with Gasteiger partial charge in [-0.25, -0.2) is 0 Å². The van der Waals surface area contributed by atoms with Crippen LogP contribution in [-0.4, -0.2) is 34.4 Å². The lowest BCUT2D eigenvalue weighted by Gasteiger charge is -2.20. The van der Waals surface area contributed by atoms with Gasteiger partial charge in [0.15, 0.2) is 0 Å². The summed E-state index contributed by atoms with van der Waals surface area (Å²) in [7, 11) is 1.89. The Kier molecular flexibility index (Phi) is 5.59. The average Bonchev–Trinajstić information content (AvgIpc) is 3.07. The number of rotatable bonds is 7. The van der Waals surface area contributed by atoms with E-state index in [0.717, 1.165) is 31.2 Å². The molecule has 112 valence electrons. The van der Waals surface area contributed by atoms with Gasteiger partial charge in [0.05, 0.1) is 12.3 Å². The van der Waals surface area contributed by atoms with Crippen LogP contribution in [-0.2, 0) is 23.0 Å². The maximum Gasteiger partial charge on any atom is 0.249 e. The predicted octanol–water partition coefficient (Wildman–Crippen LogP) is 1.82. The van der Waals surface area contributed by atoms with Crippen molar-refractivity contribution in [2.24, 2.45) is 7.05 Å². The Balaban J connectivity index is 1.71. The number of amides is 1. The van der Waals surface area contributed by atoms with E-state index in [1.54, 1.807) is 4.68 Å². The number of carbonyl (C=O) groups excluding carboxylic acids is 1. The molecule has 1 atom stereocenters. The summed E-state index contributed by atoms with van der Waals surface area (Å²) in [6.07, 6.45) is 9.97. The Bertz CT molecular complexity index is 425. The average molecular weight is 279 g/mol. The zero-order chi connectivity index (χ0) is 14.4. The summed E-state index contributed by atoms with van der Waals surface area (Å²) in [6, 6.07) is 0. The van der Waals surface area contributed by atoms with Gasteiger partial charge >= 0.3 is 0 Å². The van der Waals surface area contributed by atoms with Crippen LogP contribution in [0.3, 0.4) is 0 Å². The number of nitrogens with one attached hydrogen (secondary N) is 1. The number of carbonyl (C=O) groups is 1. The zero-order valence-corrected chi connectivity index (χ0v) is 12.5. The largest absolute Gasteiger partial charge is 0.365 e. The van der Waals surface area contributed by atoms with E-state index >= 15 is 0 Å². The monoisotopic (exact) mass is 279 g/mol. The molecular weight excluding hydrogens is 254 g/mol. The third kappa shape index (κ3) is 4.34. The predicted molar refractivity (Wildman–Crippen MR) is 77.3 cm³/mol. The summed E-state index contributed by atoms with van der Waals surface area (Å²) in [4.78, 5) is 12.1. The third-order valence-electron chi connectivity index (χ3n) is 3.79. The maximum atomic E-state index is 12.1. The first-order chi connectivity index (χ1) is 9.69. The van der Waals surface area contributed by atoms with Crippen molar-refractivity contribution < 1.29 is 9.53 Å². The fraction of sp³-hybridized carbons (Fsp3) is 0.733. The molecule has 1 aliphatic carbocycles. The van der Waals surface area contributed by atoms with Crippen molar-refractivity contribution in [2.45, 2.75) is 57.7 Å². The summed E-state index contributed by atoms with van der Waals surface area (Å²) in [6.45, 7) is 2.63. The molecule has 1 N–H and O–H groups in total. The van der Waals surface area contributed by atoms with Crippen molar-refractivity contribution in [3.05, 3.63) is 18.0 Å². The third-order valence-corrected chi connectivity index (χ3v) is 3.79. The van der Waals surface area contributed by atoms with Crippen LogP contribution < -0.4 is 5.32 Å². The van der Waals surface area contributed by atoms with Gasteiger partial charge in [0, 0.05) is 19.8 Å². The zero-order valence-electron chi connectivity index (χ0n) is 12.5. The number of aryl methyl sites for hydroxylation is 1. The van der Waals surface area contributed by atoms with Crippen molar-refractivity contribution in [3.63, 3.8) is 0 Å². The fourth-order valence-electron chi connectivity index (χ4n) is 2.65. The van der Waals surface area contributed by atoms with Crippen LogP contribution >= 0.6 is 0 Å². The molecule has 0 aromatic carbocycles. The second kappa shape index (κ2) is 7.43. The van der Waals surface area contributed by atoms with Crippen molar-refractivity contribution in [2.75, 3.05) is 6.54 Å². The minimum Gasteiger partial charge on any atom is -0.365 e. The summed E-state index contributed by atoms with van der Waals surface area (Å²) < 4.78 is 7.67. The first-order valence-corrected chi connectivity index (χ1v) is 7.59. The van der Waals surface area contributed by atoms with Gasteiger partial charge in [-0.15, -0.1) is 0 Å². The molecule has 0 spiro atoms. The normalized spacial score (nSPS) is 17.3. The number of hydrogen-bond acceptors (Lipinski definition) is 3. The summed E-state index contributed by atoms with van der Waals surface area (Å²) >= 11 is 0. The van der Waals surface area contributed by atoms with Crippen LogP contribution in [0.4, 0.5) is 0 Å². The van der Waals surface area contributed by atoms with Gasteiger partial charge in [0.2, 0.25) is 5.91 Å². The van der Waals surface area contributed by atoms with E-state index in [1.807, 2.05) is 26.4 Å². The number of nitrogens with zero attached hydrogens (tertiary/aromatic N) is 2. The highest BCUT2D eigenvalue weighted by Crippen LogP contribution is 2.22. The van der Waals surface area contributed by atoms with E-state index < -0.39 is 0 Å². The van der Waals surface area contributed by atoms with E-state index in [0.29, 0.717) is 6.54 Å². The Labute approximate surface area is 120 Å². The van der Waals surface area contributed by atoms with Gasteiger partial charge < -0.3 is 10.1 Å². The minimum atomic E-state index is -0.299. The van der Waals surface area contributed by atoms with Crippen LogP contribution in [0.25, 0.3) is 0 Å². The van der Waals surface area contributed by atoms with Crippen LogP contribution in [0.5, 0.6) is 0 Å². The molecule has 1 fully saturated rings. The molecule has 1 amide bonds. The molecule has 1 aromatic rings. The molecule has 1 unspecified atom stereocenters. The summed E-state index contributed by atoms with van der Waals surface area (Å²) in [5.74, 6) is 0.0169. The van der Waals surface area contributed by atoms with E-state index in [-0.39, 0.29) is 18.1 Å². The van der Waals surface area contributed by atoms with E-state index in [2.05, 4.69) is 10.4 Å². The number of aromatic nitrogens is 2. The van der Waals surface area contributed by atoms with Crippen LogP contribution in [0.2, 0.25) is 0 Å². The van der Waals surface area contributed by atoms with Crippen molar-refractivity contribution >= 4 is 5.91 Å². The molecule has 5 nitrogen and oxygen atoms in total. The highest BCUT2D eigenvalue weighted by atomic mass is 16.5. The second-order valence-electron chi connectivity index (χ2n) is 5.50. The Morgan fingerprint density at radius 3 is 2.90 bits per heavy atom. The molecule has 0 radical (unpaired) electrons. The summed E-state index contributed by atoms with van der Waals surface area (Å²) in [5, 5.41) is 7.08. The van der Waals surface area contributed by atoms with Gasteiger partial charge in [0.1, 0.15) is 6.10 Å². The van der Waals surface area contributed by atoms with Crippen molar-refractivity contribution in [3.8, 4) is 0 Å². The lowest BCUT2D eigenvalue weighted by Crippen LogP contribution is -2.38. The number of hydrogen-bond donors (Lipinski definition) is 1. The van der Waals surface area contributed by atoms with Gasteiger partial charge in [-0.1, -0.05) is 19.8 Å². The number of ether oxygens (including phenoxy) is 1. The van der Waals surface area contributed by atoms with Crippen LogP contribution in [0, 0.1) is 0 Å². The molecule has 0 bridgehead atoms. The lowest BCUT2D eigenvalue weighted by molar-refractivity contribution is -0.136. The SMILES string of the molecule is CCC(OC1CCCC1)C(=O)NCCc1cnn(C)c1. The topological polar surface area (TPSA) is 56.1 Å².